The van der Waals surface area contributed by atoms with Gasteiger partial charge in [0.15, 0.2) is 0 Å². The zero-order chi connectivity index (χ0) is 15.2. The first-order valence-electron chi connectivity index (χ1n) is 7.75. The minimum absolute atomic E-state index is 0.120. The lowest BCUT2D eigenvalue weighted by molar-refractivity contribution is 0.186. The van der Waals surface area contributed by atoms with Crippen LogP contribution in [0.5, 0.6) is 0 Å². The SMILES string of the molecule is CC(C)C(CNCc1ccc(F)c(C#N)c1)N1CCCC1. The van der Waals surface area contributed by atoms with Crippen LogP contribution in [0, 0.1) is 23.1 Å². The molecule has 1 saturated heterocycles. The normalized spacial score (nSPS) is 17.1. The van der Waals surface area contributed by atoms with Crippen LogP contribution in [0.3, 0.4) is 0 Å². The predicted octanol–water partition coefficient (Wildman–Crippen LogP) is 2.91. The molecule has 1 aromatic carbocycles. The maximum absolute atomic E-state index is 13.3. The highest BCUT2D eigenvalue weighted by Crippen LogP contribution is 2.17. The van der Waals surface area contributed by atoms with Gasteiger partial charge in [-0.3, -0.25) is 4.90 Å². The Morgan fingerprint density at radius 3 is 2.67 bits per heavy atom. The van der Waals surface area contributed by atoms with E-state index in [-0.39, 0.29) is 5.56 Å². The summed E-state index contributed by atoms with van der Waals surface area (Å²) in [7, 11) is 0. The first-order valence-corrected chi connectivity index (χ1v) is 7.75. The van der Waals surface area contributed by atoms with E-state index in [0.29, 0.717) is 18.5 Å². The third-order valence-electron chi connectivity index (χ3n) is 4.21. The van der Waals surface area contributed by atoms with Gasteiger partial charge in [-0.2, -0.15) is 5.26 Å². The second-order valence-electron chi connectivity index (χ2n) is 6.11. The zero-order valence-electron chi connectivity index (χ0n) is 12.9. The Morgan fingerprint density at radius 1 is 1.33 bits per heavy atom. The highest BCUT2D eigenvalue weighted by atomic mass is 19.1. The number of halogens is 1. The lowest BCUT2D eigenvalue weighted by atomic mass is 10.0. The molecule has 0 saturated carbocycles. The fourth-order valence-electron chi connectivity index (χ4n) is 2.99. The third kappa shape index (κ3) is 4.26. The predicted molar refractivity (Wildman–Crippen MR) is 82.3 cm³/mol. The van der Waals surface area contributed by atoms with Gasteiger partial charge in [0.05, 0.1) is 5.56 Å². The number of nitrogens with one attached hydrogen (secondary N) is 1. The highest BCUT2D eigenvalue weighted by molar-refractivity contribution is 5.34. The van der Waals surface area contributed by atoms with E-state index < -0.39 is 5.82 Å². The van der Waals surface area contributed by atoms with Gasteiger partial charge >= 0.3 is 0 Å². The van der Waals surface area contributed by atoms with Crippen LogP contribution >= 0.6 is 0 Å². The molecule has 1 fully saturated rings. The van der Waals surface area contributed by atoms with Crippen molar-refractivity contribution in [2.45, 2.75) is 39.3 Å². The summed E-state index contributed by atoms with van der Waals surface area (Å²) in [5, 5.41) is 12.3. The van der Waals surface area contributed by atoms with Gasteiger partial charge in [-0.15, -0.1) is 0 Å². The van der Waals surface area contributed by atoms with Crippen molar-refractivity contribution in [1.82, 2.24) is 10.2 Å². The molecule has 1 aromatic rings. The van der Waals surface area contributed by atoms with Crippen LogP contribution in [0.15, 0.2) is 18.2 Å². The molecular formula is C17H24FN3. The maximum atomic E-state index is 13.3. The number of hydrogen-bond acceptors (Lipinski definition) is 3. The summed E-state index contributed by atoms with van der Waals surface area (Å²) in [6.45, 7) is 8.51. The van der Waals surface area contributed by atoms with Crippen molar-refractivity contribution < 1.29 is 4.39 Å². The summed E-state index contributed by atoms with van der Waals surface area (Å²) in [5.41, 5.74) is 1.08. The molecule has 0 aromatic heterocycles. The molecule has 1 N–H and O–H groups in total. The van der Waals surface area contributed by atoms with Crippen molar-refractivity contribution in [2.24, 2.45) is 5.92 Å². The summed E-state index contributed by atoms with van der Waals surface area (Å²) >= 11 is 0. The van der Waals surface area contributed by atoms with E-state index in [4.69, 9.17) is 5.26 Å². The molecule has 114 valence electrons. The first kappa shape index (κ1) is 15.9. The van der Waals surface area contributed by atoms with E-state index in [1.165, 1.54) is 32.0 Å². The number of nitriles is 1. The quantitative estimate of drug-likeness (QED) is 0.875. The average Bonchev–Trinajstić information content (AvgIpc) is 2.98. The van der Waals surface area contributed by atoms with Gasteiger partial charge in [-0.1, -0.05) is 19.9 Å². The molecule has 0 spiro atoms. The molecule has 1 heterocycles. The average molecular weight is 289 g/mol. The summed E-state index contributed by atoms with van der Waals surface area (Å²) in [5.74, 6) is 0.164. The van der Waals surface area contributed by atoms with Gasteiger partial charge < -0.3 is 5.32 Å². The zero-order valence-corrected chi connectivity index (χ0v) is 12.9. The van der Waals surface area contributed by atoms with Crippen LogP contribution in [0.25, 0.3) is 0 Å². The largest absolute Gasteiger partial charge is 0.311 e. The van der Waals surface area contributed by atoms with Gasteiger partial charge in [-0.25, -0.2) is 4.39 Å². The molecule has 3 nitrogen and oxygen atoms in total. The number of benzene rings is 1. The van der Waals surface area contributed by atoms with Crippen LogP contribution in [0.4, 0.5) is 4.39 Å². The molecule has 21 heavy (non-hydrogen) atoms. The molecular weight excluding hydrogens is 265 g/mol. The number of rotatable bonds is 6. The van der Waals surface area contributed by atoms with Crippen molar-refractivity contribution >= 4 is 0 Å². The molecule has 1 aliphatic heterocycles. The Morgan fingerprint density at radius 2 is 2.05 bits per heavy atom. The minimum Gasteiger partial charge on any atom is -0.311 e. The smallest absolute Gasteiger partial charge is 0.140 e. The van der Waals surface area contributed by atoms with Crippen LogP contribution in [0.1, 0.15) is 37.8 Å². The molecule has 2 rings (SSSR count). The standard InChI is InChI=1S/C17H24FN3/c1-13(2)17(21-7-3-4-8-21)12-20-11-14-5-6-16(18)15(9-14)10-19/h5-6,9,13,17,20H,3-4,7-8,11-12H2,1-2H3. The third-order valence-corrected chi connectivity index (χ3v) is 4.21. The Kier molecular flexibility index (Phi) is 5.72. The van der Waals surface area contributed by atoms with E-state index in [1.54, 1.807) is 12.1 Å². The summed E-state index contributed by atoms with van der Waals surface area (Å²) < 4.78 is 13.3. The van der Waals surface area contributed by atoms with Gasteiger partial charge in [0.1, 0.15) is 11.9 Å². The first-order chi connectivity index (χ1) is 10.1. The maximum Gasteiger partial charge on any atom is 0.140 e. The van der Waals surface area contributed by atoms with Crippen molar-refractivity contribution in [3.8, 4) is 6.07 Å². The van der Waals surface area contributed by atoms with Crippen LogP contribution < -0.4 is 5.32 Å². The van der Waals surface area contributed by atoms with E-state index >= 15 is 0 Å². The Bertz CT molecular complexity index is 501. The fourth-order valence-corrected chi connectivity index (χ4v) is 2.99. The van der Waals surface area contributed by atoms with Gasteiger partial charge in [-0.05, 0) is 49.5 Å². The van der Waals surface area contributed by atoms with Crippen molar-refractivity contribution in [3.63, 3.8) is 0 Å². The topological polar surface area (TPSA) is 39.1 Å². The molecule has 0 aliphatic carbocycles. The molecule has 0 radical (unpaired) electrons. The van der Waals surface area contributed by atoms with E-state index in [1.807, 2.05) is 6.07 Å². The number of hydrogen-bond donors (Lipinski definition) is 1. The fraction of sp³-hybridized carbons (Fsp3) is 0.588. The van der Waals surface area contributed by atoms with Crippen LogP contribution in [-0.2, 0) is 6.54 Å². The van der Waals surface area contributed by atoms with Gasteiger partial charge in [0.25, 0.3) is 0 Å². The van der Waals surface area contributed by atoms with Crippen molar-refractivity contribution in [3.05, 3.63) is 35.1 Å². The Balaban J connectivity index is 1.88. The highest BCUT2D eigenvalue weighted by Gasteiger charge is 2.23. The van der Waals surface area contributed by atoms with E-state index in [0.717, 1.165) is 12.1 Å². The van der Waals surface area contributed by atoms with Crippen LogP contribution in [-0.4, -0.2) is 30.6 Å². The molecule has 0 bridgehead atoms. The second kappa shape index (κ2) is 7.53. The van der Waals surface area contributed by atoms with E-state index in [9.17, 15) is 4.39 Å². The number of likely N-dealkylation sites (tertiary alicyclic amines) is 1. The Hall–Kier alpha value is -1.44. The molecule has 4 heteroatoms. The minimum atomic E-state index is -0.446. The molecule has 1 unspecified atom stereocenters. The summed E-state index contributed by atoms with van der Waals surface area (Å²) in [4.78, 5) is 2.56. The lowest BCUT2D eigenvalue weighted by Gasteiger charge is -2.31. The molecule has 1 aliphatic rings. The second-order valence-corrected chi connectivity index (χ2v) is 6.11. The molecule has 1 atom stereocenters. The van der Waals surface area contributed by atoms with Crippen LogP contribution in [0.2, 0.25) is 0 Å². The molecule has 0 amide bonds. The van der Waals surface area contributed by atoms with Crippen molar-refractivity contribution in [1.29, 1.82) is 5.26 Å². The summed E-state index contributed by atoms with van der Waals surface area (Å²) in [6, 6.07) is 7.17. The Labute approximate surface area is 126 Å². The van der Waals surface area contributed by atoms with E-state index in [2.05, 4.69) is 24.1 Å². The lowest BCUT2D eigenvalue weighted by Crippen LogP contribution is -2.44. The summed E-state index contributed by atoms with van der Waals surface area (Å²) in [6.07, 6.45) is 2.60. The monoisotopic (exact) mass is 289 g/mol. The number of nitrogens with zero attached hydrogens (tertiary/aromatic N) is 2. The van der Waals surface area contributed by atoms with Gasteiger partial charge in [0.2, 0.25) is 0 Å². The van der Waals surface area contributed by atoms with Crippen molar-refractivity contribution in [2.75, 3.05) is 19.6 Å². The van der Waals surface area contributed by atoms with Gasteiger partial charge in [0, 0.05) is 19.1 Å².